The van der Waals surface area contributed by atoms with Crippen molar-refractivity contribution in [1.82, 2.24) is 20.2 Å². The van der Waals surface area contributed by atoms with Gasteiger partial charge in [-0.1, -0.05) is 30.0 Å². The number of rotatable bonds is 6. The van der Waals surface area contributed by atoms with Crippen molar-refractivity contribution >= 4 is 17.7 Å². The zero-order valence-corrected chi connectivity index (χ0v) is 14.8. The SMILES string of the molecule is CC1(C)O[C@H](CSc2nnnn2-c2ccccc2)C[C@@H](CC(=O)O)O1. The maximum absolute atomic E-state index is 11.0. The molecule has 1 aromatic heterocycles. The molecule has 1 aromatic carbocycles. The lowest BCUT2D eigenvalue weighted by molar-refractivity contribution is -0.295. The molecule has 2 heterocycles. The monoisotopic (exact) mass is 364 g/mol. The van der Waals surface area contributed by atoms with Crippen molar-refractivity contribution in [3.63, 3.8) is 0 Å². The fourth-order valence-corrected chi connectivity index (χ4v) is 3.71. The fraction of sp³-hybridized carbons (Fsp3) is 0.500. The standard InChI is InChI=1S/C16H20N4O4S/c1-16(2)23-12(9-14(21)22)8-13(24-16)10-25-15-17-18-19-20(15)11-6-4-3-5-7-11/h3-7,12-13H,8-10H2,1-2H3,(H,21,22)/t12-,13-/m0/s1. The molecule has 9 heteroatoms. The molecule has 1 saturated heterocycles. The molecule has 134 valence electrons. The maximum Gasteiger partial charge on any atom is 0.305 e. The lowest BCUT2D eigenvalue weighted by Crippen LogP contribution is -2.46. The van der Waals surface area contributed by atoms with Crippen LogP contribution in [0.5, 0.6) is 0 Å². The van der Waals surface area contributed by atoms with Crippen molar-refractivity contribution < 1.29 is 19.4 Å². The molecule has 0 spiro atoms. The number of para-hydroxylation sites is 1. The number of thioether (sulfide) groups is 1. The molecule has 3 rings (SSSR count). The van der Waals surface area contributed by atoms with Gasteiger partial charge < -0.3 is 14.6 Å². The molecule has 1 aliphatic rings. The summed E-state index contributed by atoms with van der Waals surface area (Å²) >= 11 is 1.48. The molecule has 0 saturated carbocycles. The Kier molecular flexibility index (Phi) is 5.36. The third-order valence-electron chi connectivity index (χ3n) is 3.67. The Morgan fingerprint density at radius 1 is 1.32 bits per heavy atom. The minimum atomic E-state index is -0.873. The summed E-state index contributed by atoms with van der Waals surface area (Å²) in [4.78, 5) is 11.0. The number of carbonyl (C=O) groups is 1. The summed E-state index contributed by atoms with van der Waals surface area (Å²) in [5, 5.41) is 21.5. The van der Waals surface area contributed by atoms with E-state index in [2.05, 4.69) is 15.5 Å². The average molecular weight is 364 g/mol. The normalized spacial score (nSPS) is 22.6. The third-order valence-corrected chi connectivity index (χ3v) is 4.72. The molecule has 0 bridgehead atoms. The molecule has 0 aliphatic carbocycles. The second-order valence-electron chi connectivity index (χ2n) is 6.23. The first kappa shape index (κ1) is 17.8. The lowest BCUT2D eigenvalue weighted by atomic mass is 10.1. The van der Waals surface area contributed by atoms with Crippen LogP contribution in [0.4, 0.5) is 0 Å². The van der Waals surface area contributed by atoms with Crippen LogP contribution in [0.3, 0.4) is 0 Å². The van der Waals surface area contributed by atoms with Crippen LogP contribution in [0.1, 0.15) is 26.7 Å². The van der Waals surface area contributed by atoms with Gasteiger partial charge in [0.15, 0.2) is 5.79 Å². The summed E-state index contributed by atoms with van der Waals surface area (Å²) in [5.41, 5.74) is 0.881. The van der Waals surface area contributed by atoms with Crippen molar-refractivity contribution in [3.05, 3.63) is 30.3 Å². The number of aromatic nitrogens is 4. The Bertz CT molecular complexity index is 722. The van der Waals surface area contributed by atoms with Gasteiger partial charge in [-0.2, -0.15) is 4.68 Å². The quantitative estimate of drug-likeness (QED) is 0.778. The Balaban J connectivity index is 1.65. The number of tetrazole rings is 1. The number of carboxylic acid groups (broad SMARTS) is 1. The van der Waals surface area contributed by atoms with Crippen molar-refractivity contribution in [3.8, 4) is 5.69 Å². The minimum Gasteiger partial charge on any atom is -0.481 e. The molecular formula is C16H20N4O4S. The lowest BCUT2D eigenvalue weighted by Gasteiger charge is -2.40. The first-order valence-corrected chi connectivity index (χ1v) is 8.95. The number of aliphatic carboxylic acids is 1. The van der Waals surface area contributed by atoms with Gasteiger partial charge in [0.1, 0.15) is 0 Å². The highest BCUT2D eigenvalue weighted by atomic mass is 32.2. The van der Waals surface area contributed by atoms with E-state index in [-0.39, 0.29) is 18.6 Å². The first-order valence-electron chi connectivity index (χ1n) is 7.97. The highest BCUT2D eigenvalue weighted by Crippen LogP contribution is 2.31. The van der Waals surface area contributed by atoms with Gasteiger partial charge >= 0.3 is 5.97 Å². The van der Waals surface area contributed by atoms with E-state index in [0.717, 1.165) is 5.69 Å². The Hall–Kier alpha value is -1.97. The Labute approximate surface area is 149 Å². The summed E-state index contributed by atoms with van der Waals surface area (Å²) in [7, 11) is 0. The van der Waals surface area contributed by atoms with Gasteiger partial charge in [-0.25, -0.2) is 0 Å². The van der Waals surface area contributed by atoms with Crippen LogP contribution < -0.4 is 0 Å². The highest BCUT2D eigenvalue weighted by molar-refractivity contribution is 7.99. The molecule has 8 nitrogen and oxygen atoms in total. The highest BCUT2D eigenvalue weighted by Gasteiger charge is 2.36. The Morgan fingerprint density at radius 2 is 2.04 bits per heavy atom. The van der Waals surface area contributed by atoms with E-state index < -0.39 is 11.8 Å². The molecular weight excluding hydrogens is 344 g/mol. The summed E-state index contributed by atoms with van der Waals surface area (Å²) in [6, 6.07) is 9.63. The number of hydrogen-bond acceptors (Lipinski definition) is 7. The van der Waals surface area contributed by atoms with Crippen molar-refractivity contribution in [2.24, 2.45) is 0 Å². The summed E-state index contributed by atoms with van der Waals surface area (Å²) < 4.78 is 13.3. The molecule has 1 fully saturated rings. The number of carboxylic acids is 1. The average Bonchev–Trinajstić information content (AvgIpc) is 3.00. The van der Waals surface area contributed by atoms with Crippen LogP contribution >= 0.6 is 11.8 Å². The molecule has 0 amide bonds. The first-order chi connectivity index (χ1) is 11.9. The zero-order chi connectivity index (χ0) is 17.9. The van der Waals surface area contributed by atoms with Crippen LogP contribution in [-0.4, -0.2) is 55.0 Å². The predicted octanol–water partition coefficient (Wildman–Crippen LogP) is 2.14. The molecule has 1 N–H and O–H groups in total. The summed E-state index contributed by atoms with van der Waals surface area (Å²) in [5.74, 6) is -1.08. The maximum atomic E-state index is 11.0. The van der Waals surface area contributed by atoms with Gasteiger partial charge in [-0.15, -0.1) is 5.10 Å². The summed E-state index contributed by atoms with van der Waals surface area (Å²) in [6.45, 7) is 3.60. The van der Waals surface area contributed by atoms with E-state index in [1.165, 1.54) is 11.8 Å². The fourth-order valence-electron chi connectivity index (χ4n) is 2.81. The van der Waals surface area contributed by atoms with E-state index in [1.807, 2.05) is 30.3 Å². The molecule has 2 aromatic rings. The van der Waals surface area contributed by atoms with E-state index in [0.29, 0.717) is 17.3 Å². The van der Waals surface area contributed by atoms with E-state index >= 15 is 0 Å². The predicted molar refractivity (Wildman–Crippen MR) is 90.6 cm³/mol. The number of benzene rings is 1. The van der Waals surface area contributed by atoms with Gasteiger partial charge in [0.2, 0.25) is 5.16 Å². The smallest absolute Gasteiger partial charge is 0.305 e. The van der Waals surface area contributed by atoms with E-state index in [9.17, 15) is 4.79 Å². The van der Waals surface area contributed by atoms with Crippen molar-refractivity contribution in [1.29, 1.82) is 0 Å². The summed E-state index contributed by atoms with van der Waals surface area (Å²) in [6.07, 6.45) is -0.0123. The van der Waals surface area contributed by atoms with Gasteiger partial charge in [-0.05, 0) is 36.4 Å². The number of nitrogens with zero attached hydrogens (tertiary/aromatic N) is 4. The van der Waals surface area contributed by atoms with E-state index in [1.54, 1.807) is 18.5 Å². The molecule has 25 heavy (non-hydrogen) atoms. The van der Waals surface area contributed by atoms with Crippen LogP contribution in [-0.2, 0) is 14.3 Å². The second kappa shape index (κ2) is 7.51. The van der Waals surface area contributed by atoms with Gasteiger partial charge in [-0.3, -0.25) is 4.79 Å². The van der Waals surface area contributed by atoms with Crippen LogP contribution in [0, 0.1) is 0 Å². The van der Waals surface area contributed by atoms with Crippen LogP contribution in [0.15, 0.2) is 35.5 Å². The zero-order valence-electron chi connectivity index (χ0n) is 14.0. The van der Waals surface area contributed by atoms with Crippen molar-refractivity contribution in [2.75, 3.05) is 5.75 Å². The minimum absolute atomic E-state index is 0.0320. The Morgan fingerprint density at radius 3 is 2.76 bits per heavy atom. The van der Waals surface area contributed by atoms with Gasteiger partial charge in [0, 0.05) is 12.2 Å². The van der Waals surface area contributed by atoms with Gasteiger partial charge in [0.25, 0.3) is 0 Å². The van der Waals surface area contributed by atoms with Gasteiger partial charge in [0.05, 0.1) is 24.3 Å². The van der Waals surface area contributed by atoms with Crippen molar-refractivity contribution in [2.45, 2.75) is 49.8 Å². The molecule has 2 atom stereocenters. The second-order valence-corrected chi connectivity index (χ2v) is 7.22. The molecule has 1 aliphatic heterocycles. The van der Waals surface area contributed by atoms with Crippen LogP contribution in [0.25, 0.3) is 5.69 Å². The molecule has 0 unspecified atom stereocenters. The topological polar surface area (TPSA) is 99.4 Å². The largest absolute Gasteiger partial charge is 0.481 e. The third kappa shape index (κ3) is 4.77. The molecule has 0 radical (unpaired) electrons. The number of ether oxygens (including phenoxy) is 2. The number of hydrogen-bond donors (Lipinski definition) is 1. The van der Waals surface area contributed by atoms with Crippen LogP contribution in [0.2, 0.25) is 0 Å². The van der Waals surface area contributed by atoms with E-state index in [4.69, 9.17) is 14.6 Å².